The third-order valence-corrected chi connectivity index (χ3v) is 3.13. The van der Waals surface area contributed by atoms with Crippen LogP contribution in [0.5, 0.6) is 0 Å². The normalized spacial score (nSPS) is 12.6. The number of nitrogens with zero attached hydrogens (tertiary/aromatic N) is 3. The Hall–Kier alpha value is -2.21. The molecule has 0 fully saturated rings. The lowest BCUT2D eigenvalue weighted by Gasteiger charge is -2.23. The molecule has 0 spiro atoms. The van der Waals surface area contributed by atoms with E-state index in [4.69, 9.17) is 5.11 Å². The minimum atomic E-state index is -0.994. The molecule has 0 aliphatic carbocycles. The van der Waals surface area contributed by atoms with Crippen LogP contribution in [-0.2, 0) is 6.54 Å². The van der Waals surface area contributed by atoms with Gasteiger partial charge in [-0.05, 0) is 26.1 Å². The van der Waals surface area contributed by atoms with Crippen molar-refractivity contribution in [1.82, 2.24) is 20.1 Å². The molecule has 0 unspecified atom stereocenters. The zero-order valence-electron chi connectivity index (χ0n) is 10.9. The molecule has 0 aliphatic heterocycles. The molecule has 6 heteroatoms. The van der Waals surface area contributed by atoms with Gasteiger partial charge in [-0.15, -0.1) is 0 Å². The Kier molecular flexibility index (Phi) is 3.91. The first kappa shape index (κ1) is 13.2. The summed E-state index contributed by atoms with van der Waals surface area (Å²) in [5.41, 5.74) is 1.75. The molecule has 1 atom stereocenters. The van der Waals surface area contributed by atoms with E-state index in [2.05, 4.69) is 15.2 Å². The molecule has 2 aromatic rings. The smallest absolute Gasteiger partial charge is 0.354 e. The Morgan fingerprint density at radius 2 is 2.32 bits per heavy atom. The van der Waals surface area contributed by atoms with Crippen LogP contribution in [0.1, 0.15) is 34.7 Å². The summed E-state index contributed by atoms with van der Waals surface area (Å²) in [5.74, 6) is -0.994. The standard InChI is InChI=1S/C13H16N4O2/c1-9(11-5-3-4-6-14-11)17(2)8-10-7-15-16-12(10)13(18)19/h3-7,9H,8H2,1-2H3,(H,15,16)(H,18,19)/t9-/m0/s1. The fraction of sp³-hybridized carbons (Fsp3) is 0.308. The number of carboxylic acids is 1. The van der Waals surface area contributed by atoms with E-state index in [0.29, 0.717) is 12.1 Å². The second kappa shape index (κ2) is 5.62. The van der Waals surface area contributed by atoms with Crippen LogP contribution in [0.4, 0.5) is 0 Å². The van der Waals surface area contributed by atoms with E-state index in [1.54, 1.807) is 12.4 Å². The number of hydrogen-bond acceptors (Lipinski definition) is 4. The maximum Gasteiger partial charge on any atom is 0.354 e. The van der Waals surface area contributed by atoms with E-state index >= 15 is 0 Å². The van der Waals surface area contributed by atoms with Crippen LogP contribution in [0.2, 0.25) is 0 Å². The maximum atomic E-state index is 11.0. The lowest BCUT2D eigenvalue weighted by Crippen LogP contribution is -2.23. The van der Waals surface area contributed by atoms with Crippen molar-refractivity contribution in [2.24, 2.45) is 0 Å². The number of pyridine rings is 1. The molecule has 0 aromatic carbocycles. The maximum absolute atomic E-state index is 11.0. The van der Waals surface area contributed by atoms with Gasteiger partial charge in [-0.1, -0.05) is 6.07 Å². The highest BCUT2D eigenvalue weighted by Crippen LogP contribution is 2.19. The van der Waals surface area contributed by atoms with Crippen LogP contribution in [0.15, 0.2) is 30.6 Å². The Bertz CT molecular complexity index is 553. The first-order valence-corrected chi connectivity index (χ1v) is 5.96. The zero-order chi connectivity index (χ0) is 13.8. The number of rotatable bonds is 5. The Morgan fingerprint density at radius 1 is 1.53 bits per heavy atom. The van der Waals surface area contributed by atoms with Crippen LogP contribution in [0.3, 0.4) is 0 Å². The lowest BCUT2D eigenvalue weighted by atomic mass is 10.1. The average Bonchev–Trinajstić information content (AvgIpc) is 2.87. The second-order valence-electron chi connectivity index (χ2n) is 4.42. The number of aromatic amines is 1. The van der Waals surface area contributed by atoms with Crippen LogP contribution in [0.25, 0.3) is 0 Å². The Balaban J connectivity index is 2.11. The van der Waals surface area contributed by atoms with Gasteiger partial charge in [-0.3, -0.25) is 15.0 Å². The summed E-state index contributed by atoms with van der Waals surface area (Å²) >= 11 is 0. The molecule has 19 heavy (non-hydrogen) atoms. The van der Waals surface area contributed by atoms with Crippen molar-refractivity contribution in [3.05, 3.63) is 47.5 Å². The quantitative estimate of drug-likeness (QED) is 0.855. The van der Waals surface area contributed by atoms with E-state index in [-0.39, 0.29) is 11.7 Å². The molecule has 2 heterocycles. The molecule has 0 saturated heterocycles. The van der Waals surface area contributed by atoms with Gasteiger partial charge in [0.1, 0.15) is 5.69 Å². The summed E-state index contributed by atoms with van der Waals surface area (Å²) in [6.45, 7) is 2.53. The van der Waals surface area contributed by atoms with Crippen molar-refractivity contribution in [3.8, 4) is 0 Å². The fourth-order valence-corrected chi connectivity index (χ4v) is 1.87. The van der Waals surface area contributed by atoms with E-state index in [1.807, 2.05) is 37.1 Å². The predicted octanol–water partition coefficient (Wildman–Crippen LogP) is 1.70. The summed E-state index contributed by atoms with van der Waals surface area (Å²) in [7, 11) is 1.93. The van der Waals surface area contributed by atoms with Gasteiger partial charge in [-0.2, -0.15) is 5.10 Å². The molecule has 0 radical (unpaired) electrons. The van der Waals surface area contributed by atoms with Crippen LogP contribution in [0, 0.1) is 0 Å². The minimum Gasteiger partial charge on any atom is -0.477 e. The number of aromatic nitrogens is 3. The fourth-order valence-electron chi connectivity index (χ4n) is 1.87. The number of carbonyl (C=O) groups is 1. The van der Waals surface area contributed by atoms with Gasteiger partial charge in [0.2, 0.25) is 0 Å². The molecule has 6 nitrogen and oxygen atoms in total. The van der Waals surface area contributed by atoms with Crippen molar-refractivity contribution in [2.45, 2.75) is 19.5 Å². The lowest BCUT2D eigenvalue weighted by molar-refractivity contribution is 0.0688. The van der Waals surface area contributed by atoms with E-state index in [9.17, 15) is 4.79 Å². The highest BCUT2D eigenvalue weighted by molar-refractivity contribution is 5.86. The first-order valence-electron chi connectivity index (χ1n) is 5.96. The van der Waals surface area contributed by atoms with Gasteiger partial charge < -0.3 is 5.11 Å². The van der Waals surface area contributed by atoms with Crippen LogP contribution < -0.4 is 0 Å². The molecule has 0 saturated carbocycles. The first-order chi connectivity index (χ1) is 9.09. The van der Waals surface area contributed by atoms with Crippen molar-refractivity contribution in [3.63, 3.8) is 0 Å². The Morgan fingerprint density at radius 3 is 2.95 bits per heavy atom. The van der Waals surface area contributed by atoms with E-state index in [0.717, 1.165) is 5.69 Å². The van der Waals surface area contributed by atoms with Crippen molar-refractivity contribution < 1.29 is 9.90 Å². The molecule has 100 valence electrons. The summed E-state index contributed by atoms with van der Waals surface area (Å²) in [5, 5.41) is 15.3. The van der Waals surface area contributed by atoms with E-state index < -0.39 is 5.97 Å². The monoisotopic (exact) mass is 260 g/mol. The summed E-state index contributed by atoms with van der Waals surface area (Å²) < 4.78 is 0. The molecule has 2 aromatic heterocycles. The topological polar surface area (TPSA) is 82.1 Å². The summed E-state index contributed by atoms with van der Waals surface area (Å²) in [4.78, 5) is 17.3. The largest absolute Gasteiger partial charge is 0.477 e. The number of carboxylic acid groups (broad SMARTS) is 1. The molecular formula is C13H16N4O2. The number of nitrogens with one attached hydrogen (secondary N) is 1. The van der Waals surface area contributed by atoms with Gasteiger partial charge in [0, 0.05) is 24.3 Å². The molecular weight excluding hydrogens is 244 g/mol. The van der Waals surface area contributed by atoms with E-state index in [1.165, 1.54) is 0 Å². The molecule has 2 rings (SSSR count). The van der Waals surface area contributed by atoms with Gasteiger partial charge in [0.05, 0.1) is 11.9 Å². The van der Waals surface area contributed by atoms with Crippen LogP contribution in [-0.4, -0.2) is 38.2 Å². The van der Waals surface area contributed by atoms with Gasteiger partial charge in [-0.25, -0.2) is 4.79 Å². The minimum absolute atomic E-state index is 0.0951. The number of aromatic carboxylic acids is 1. The van der Waals surface area contributed by atoms with Crippen molar-refractivity contribution in [2.75, 3.05) is 7.05 Å². The van der Waals surface area contributed by atoms with Gasteiger partial charge in [0.15, 0.2) is 0 Å². The molecule has 0 aliphatic rings. The second-order valence-corrected chi connectivity index (χ2v) is 4.42. The Labute approximate surface area is 111 Å². The number of hydrogen-bond donors (Lipinski definition) is 2. The van der Waals surface area contributed by atoms with Gasteiger partial charge in [0.25, 0.3) is 0 Å². The molecule has 0 bridgehead atoms. The zero-order valence-corrected chi connectivity index (χ0v) is 10.9. The predicted molar refractivity (Wildman–Crippen MR) is 69.7 cm³/mol. The van der Waals surface area contributed by atoms with Crippen molar-refractivity contribution in [1.29, 1.82) is 0 Å². The highest BCUT2D eigenvalue weighted by Gasteiger charge is 2.18. The third kappa shape index (κ3) is 2.97. The van der Waals surface area contributed by atoms with Crippen molar-refractivity contribution >= 4 is 5.97 Å². The summed E-state index contributed by atoms with van der Waals surface area (Å²) in [6.07, 6.45) is 3.30. The average molecular weight is 260 g/mol. The molecule has 2 N–H and O–H groups in total. The molecule has 0 amide bonds. The SMILES string of the molecule is C[C@@H](c1ccccn1)N(C)Cc1cn[nH]c1C(=O)O. The van der Waals surface area contributed by atoms with Gasteiger partial charge >= 0.3 is 5.97 Å². The number of H-pyrrole nitrogens is 1. The van der Waals surface area contributed by atoms with Crippen LogP contribution >= 0.6 is 0 Å². The highest BCUT2D eigenvalue weighted by atomic mass is 16.4. The third-order valence-electron chi connectivity index (χ3n) is 3.13. The summed E-state index contributed by atoms with van der Waals surface area (Å²) in [6, 6.07) is 5.86.